The number of aliphatic hydroxyl groups excluding tert-OH is 1. The van der Waals surface area contributed by atoms with Gasteiger partial charge in [-0.3, -0.25) is 9.69 Å². The molecule has 0 aliphatic carbocycles. The molecule has 6 heteroatoms. The second-order valence-corrected chi connectivity index (χ2v) is 6.81. The molecule has 2 aromatic heterocycles. The number of carbonyl (C=O) groups is 1. The maximum atomic E-state index is 11.8. The van der Waals surface area contributed by atoms with E-state index in [0.717, 1.165) is 19.5 Å². The van der Waals surface area contributed by atoms with Crippen molar-refractivity contribution in [3.05, 3.63) is 71.2 Å². The molecule has 1 atom stereocenters. The smallest absolute Gasteiger partial charge is 0.269 e. The first kappa shape index (κ1) is 16.8. The van der Waals surface area contributed by atoms with E-state index in [1.54, 1.807) is 0 Å². The topological polar surface area (TPSA) is 83.9 Å². The van der Waals surface area contributed by atoms with Gasteiger partial charge >= 0.3 is 0 Å². The highest BCUT2D eigenvalue weighted by molar-refractivity contribution is 5.93. The summed E-state index contributed by atoms with van der Waals surface area (Å²) in [5.74, 6) is -0.567. The summed E-state index contributed by atoms with van der Waals surface area (Å²) in [6, 6.07) is 14.0. The van der Waals surface area contributed by atoms with Crippen LogP contribution in [0.5, 0.6) is 0 Å². The number of β-amino-alcohol motifs (C(OH)–C–C–N with tert-alkyl or cyclic N) is 1. The summed E-state index contributed by atoms with van der Waals surface area (Å²) < 4.78 is 1.83. The molecule has 0 saturated carbocycles. The number of pyridine rings is 1. The third-order valence-electron chi connectivity index (χ3n) is 4.97. The van der Waals surface area contributed by atoms with Crippen LogP contribution in [0.25, 0.3) is 5.65 Å². The van der Waals surface area contributed by atoms with Crippen LogP contribution in [0.1, 0.15) is 27.3 Å². The molecule has 1 aliphatic heterocycles. The number of hydrogen-bond acceptors (Lipinski definition) is 4. The Balaban J connectivity index is 1.51. The molecule has 3 heterocycles. The highest BCUT2D eigenvalue weighted by Gasteiger charge is 2.22. The summed E-state index contributed by atoms with van der Waals surface area (Å²) in [5, 5.41) is 10.7. The Kier molecular flexibility index (Phi) is 4.44. The van der Waals surface area contributed by atoms with Crippen molar-refractivity contribution in [3.8, 4) is 0 Å². The predicted octanol–water partition coefficient (Wildman–Crippen LogP) is 1.39. The lowest BCUT2D eigenvalue weighted by atomic mass is 9.99. The Bertz CT molecular complexity index is 950. The molecule has 0 unspecified atom stereocenters. The molecule has 26 heavy (non-hydrogen) atoms. The number of nitrogens with two attached hydrogens (primary N) is 1. The second kappa shape index (κ2) is 6.90. The Morgan fingerprint density at radius 2 is 1.96 bits per heavy atom. The molecular weight excluding hydrogens is 328 g/mol. The van der Waals surface area contributed by atoms with Crippen molar-refractivity contribution in [2.45, 2.75) is 25.5 Å². The van der Waals surface area contributed by atoms with Crippen LogP contribution in [-0.4, -0.2) is 44.5 Å². The lowest BCUT2D eigenvalue weighted by Crippen LogP contribution is -2.37. The van der Waals surface area contributed by atoms with Crippen molar-refractivity contribution in [1.29, 1.82) is 0 Å². The van der Waals surface area contributed by atoms with Crippen LogP contribution in [0.15, 0.2) is 48.7 Å². The summed E-state index contributed by atoms with van der Waals surface area (Å²) in [4.78, 5) is 18.3. The van der Waals surface area contributed by atoms with E-state index in [0.29, 0.717) is 24.3 Å². The van der Waals surface area contributed by atoms with Gasteiger partial charge in [0.25, 0.3) is 5.91 Å². The van der Waals surface area contributed by atoms with Crippen molar-refractivity contribution < 1.29 is 9.90 Å². The molecule has 3 N–H and O–H groups in total. The number of nitrogens with zero attached hydrogens (tertiary/aromatic N) is 3. The third-order valence-corrected chi connectivity index (χ3v) is 4.97. The van der Waals surface area contributed by atoms with E-state index in [-0.39, 0.29) is 5.69 Å². The largest absolute Gasteiger partial charge is 0.391 e. The number of carbonyl (C=O) groups excluding carboxylic acids is 1. The van der Waals surface area contributed by atoms with Crippen LogP contribution >= 0.6 is 0 Å². The lowest BCUT2D eigenvalue weighted by molar-refractivity contribution is 0.0983. The molecule has 3 aromatic rings. The first-order valence-corrected chi connectivity index (χ1v) is 8.85. The number of imidazole rings is 1. The van der Waals surface area contributed by atoms with Crippen LogP contribution in [0.4, 0.5) is 0 Å². The van der Waals surface area contributed by atoms with Crippen molar-refractivity contribution in [1.82, 2.24) is 14.3 Å². The number of rotatable bonds is 5. The maximum absolute atomic E-state index is 11.8. The van der Waals surface area contributed by atoms with Crippen molar-refractivity contribution >= 4 is 11.6 Å². The van der Waals surface area contributed by atoms with E-state index in [1.165, 1.54) is 11.1 Å². The molecule has 1 amide bonds. The molecule has 1 aromatic carbocycles. The summed E-state index contributed by atoms with van der Waals surface area (Å²) in [5.41, 5.74) is 9.75. The quantitative estimate of drug-likeness (QED) is 0.728. The van der Waals surface area contributed by atoms with Gasteiger partial charge in [0, 0.05) is 32.3 Å². The third kappa shape index (κ3) is 3.21. The van der Waals surface area contributed by atoms with Gasteiger partial charge in [-0.1, -0.05) is 30.3 Å². The summed E-state index contributed by atoms with van der Waals surface area (Å²) in [6.45, 7) is 2.31. The van der Waals surface area contributed by atoms with Crippen molar-refractivity contribution in [2.24, 2.45) is 5.73 Å². The lowest BCUT2D eigenvalue weighted by Gasteiger charge is -2.30. The number of primary amides is 1. The van der Waals surface area contributed by atoms with Gasteiger partial charge in [-0.2, -0.15) is 0 Å². The Hall–Kier alpha value is -2.70. The van der Waals surface area contributed by atoms with E-state index >= 15 is 0 Å². The highest BCUT2D eigenvalue weighted by Crippen LogP contribution is 2.20. The standard InChI is InChI=1S/C20H22N4O2/c21-20(26)19-17(24-9-4-3-7-18(24)22-19)11-16(25)13-23-10-8-14-5-1-2-6-15(14)12-23/h1-7,9,16,25H,8,10-13H2,(H2,21,26)/t16-/m0/s1. The number of aromatic nitrogens is 2. The van der Waals surface area contributed by atoms with Gasteiger partial charge < -0.3 is 15.2 Å². The molecule has 134 valence electrons. The zero-order valence-corrected chi connectivity index (χ0v) is 14.5. The van der Waals surface area contributed by atoms with Crippen LogP contribution in [0.3, 0.4) is 0 Å². The normalized spacial score (nSPS) is 15.7. The summed E-state index contributed by atoms with van der Waals surface area (Å²) in [6.07, 6.45) is 2.57. The van der Waals surface area contributed by atoms with Crippen molar-refractivity contribution in [2.75, 3.05) is 13.1 Å². The zero-order chi connectivity index (χ0) is 18.1. The fraction of sp³-hybridized carbons (Fsp3) is 0.300. The van der Waals surface area contributed by atoms with Gasteiger partial charge in [-0.05, 0) is 29.7 Å². The fourth-order valence-electron chi connectivity index (χ4n) is 3.73. The van der Waals surface area contributed by atoms with Gasteiger partial charge in [0.1, 0.15) is 11.3 Å². The van der Waals surface area contributed by atoms with Crippen LogP contribution in [-0.2, 0) is 19.4 Å². The number of aliphatic hydroxyl groups is 1. The van der Waals surface area contributed by atoms with Crippen LogP contribution < -0.4 is 5.73 Å². The molecule has 0 spiro atoms. The van der Waals surface area contributed by atoms with Gasteiger partial charge in [-0.15, -0.1) is 0 Å². The molecule has 4 rings (SSSR count). The second-order valence-electron chi connectivity index (χ2n) is 6.81. The number of benzene rings is 1. The monoisotopic (exact) mass is 350 g/mol. The number of hydrogen-bond donors (Lipinski definition) is 2. The van der Waals surface area contributed by atoms with E-state index < -0.39 is 12.0 Å². The average molecular weight is 350 g/mol. The molecule has 0 bridgehead atoms. The van der Waals surface area contributed by atoms with Crippen molar-refractivity contribution in [3.63, 3.8) is 0 Å². The Labute approximate surface area is 151 Å². The van der Waals surface area contributed by atoms with E-state index in [1.807, 2.05) is 28.8 Å². The molecular formula is C20H22N4O2. The summed E-state index contributed by atoms with van der Waals surface area (Å²) in [7, 11) is 0. The maximum Gasteiger partial charge on any atom is 0.269 e. The van der Waals surface area contributed by atoms with E-state index in [9.17, 15) is 9.90 Å². The number of fused-ring (bicyclic) bond motifs is 2. The van der Waals surface area contributed by atoms with Gasteiger partial charge in [0.15, 0.2) is 0 Å². The average Bonchev–Trinajstić information content (AvgIpc) is 3.00. The van der Waals surface area contributed by atoms with E-state index in [4.69, 9.17) is 5.73 Å². The molecule has 0 fully saturated rings. The number of amides is 1. The SMILES string of the molecule is NC(=O)c1nc2ccccn2c1C[C@H](O)CN1CCc2ccccc2C1. The Morgan fingerprint density at radius 1 is 1.19 bits per heavy atom. The summed E-state index contributed by atoms with van der Waals surface area (Å²) >= 11 is 0. The van der Waals surface area contributed by atoms with Gasteiger partial charge in [0.05, 0.1) is 11.8 Å². The molecule has 1 aliphatic rings. The molecule has 6 nitrogen and oxygen atoms in total. The predicted molar refractivity (Wildman–Crippen MR) is 98.8 cm³/mol. The van der Waals surface area contributed by atoms with Crippen LogP contribution in [0.2, 0.25) is 0 Å². The minimum absolute atomic E-state index is 0.235. The Morgan fingerprint density at radius 3 is 2.77 bits per heavy atom. The van der Waals surface area contributed by atoms with Gasteiger partial charge in [-0.25, -0.2) is 4.98 Å². The first-order valence-electron chi connectivity index (χ1n) is 8.85. The molecule has 0 radical (unpaired) electrons. The minimum atomic E-state index is -0.599. The zero-order valence-electron chi connectivity index (χ0n) is 14.5. The molecule has 0 saturated heterocycles. The minimum Gasteiger partial charge on any atom is -0.391 e. The van der Waals surface area contributed by atoms with Gasteiger partial charge in [0.2, 0.25) is 0 Å². The fourth-order valence-corrected chi connectivity index (χ4v) is 3.73. The first-order chi connectivity index (χ1) is 12.6. The van der Waals surface area contributed by atoms with E-state index in [2.05, 4.69) is 34.1 Å². The van der Waals surface area contributed by atoms with Crippen LogP contribution in [0, 0.1) is 0 Å². The highest BCUT2D eigenvalue weighted by atomic mass is 16.3.